The van der Waals surface area contributed by atoms with Crippen LogP contribution in [0.25, 0.3) is 115 Å². The Kier molecular flexibility index (Phi) is 8.04. The number of para-hydroxylation sites is 1. The smallest absolute Gasteiger partial charge is 0.263 e. The van der Waals surface area contributed by atoms with Gasteiger partial charge in [-0.1, -0.05) is 188 Å². The lowest BCUT2D eigenvalue weighted by Crippen LogP contribution is -2.19. The second-order valence-corrected chi connectivity index (χ2v) is 15.9. The summed E-state index contributed by atoms with van der Waals surface area (Å²) in [5, 5.41) is 12.2. The number of rotatable bonds is 5. The number of fused-ring (bicyclic) bond motifs is 7. The maximum absolute atomic E-state index is 14.9. The number of aromatic nitrogens is 1. The summed E-state index contributed by atoms with van der Waals surface area (Å²) in [4.78, 5) is 14.9. The third kappa shape index (κ3) is 5.46. The van der Waals surface area contributed by atoms with Gasteiger partial charge in [0.05, 0.1) is 5.52 Å². The van der Waals surface area contributed by atoms with Crippen molar-refractivity contribution in [3.8, 4) is 50.2 Å². The van der Waals surface area contributed by atoms with Crippen molar-refractivity contribution in [2.75, 3.05) is 0 Å². The van der Waals surface area contributed by atoms with E-state index in [2.05, 4.69) is 188 Å². The Balaban J connectivity index is 1.19. The molecule has 0 aliphatic carbocycles. The SMILES string of the molecule is O=c1c2ccc(-c3c4ccccc4c(-c4ccccc4)c4ccccc34)cc2c2cc(-c3c4ccccc4c(-c4ccccc4)c4ccccc34)ccc2n1-c1ccccc1. The van der Waals surface area contributed by atoms with Gasteiger partial charge in [-0.25, -0.2) is 0 Å². The molecule has 0 aliphatic rings. The van der Waals surface area contributed by atoms with Crippen LogP contribution in [0, 0.1) is 0 Å². The minimum absolute atomic E-state index is 0.0368. The van der Waals surface area contributed by atoms with Crippen molar-refractivity contribution in [3.05, 3.63) is 235 Å². The molecule has 1 heterocycles. The van der Waals surface area contributed by atoms with Crippen LogP contribution in [0.1, 0.15) is 0 Å². The lowest BCUT2D eigenvalue weighted by molar-refractivity contribution is 1.06. The maximum atomic E-state index is 14.9. The molecule has 0 atom stereocenters. The van der Waals surface area contributed by atoms with E-state index < -0.39 is 0 Å². The van der Waals surface area contributed by atoms with Gasteiger partial charge in [0.15, 0.2) is 0 Å². The van der Waals surface area contributed by atoms with Crippen molar-refractivity contribution in [1.29, 1.82) is 0 Å². The van der Waals surface area contributed by atoms with Crippen molar-refractivity contribution in [2.24, 2.45) is 0 Å². The Hall–Kier alpha value is -8.07. The van der Waals surface area contributed by atoms with E-state index in [9.17, 15) is 4.79 Å². The maximum Gasteiger partial charge on any atom is 0.263 e. The molecule has 0 spiro atoms. The van der Waals surface area contributed by atoms with Crippen LogP contribution in [0.4, 0.5) is 0 Å². The van der Waals surface area contributed by atoms with Gasteiger partial charge in [0.25, 0.3) is 5.56 Å². The minimum Gasteiger partial charge on any atom is -0.276 e. The fraction of sp³-hybridized carbons (Fsp3) is 0. The van der Waals surface area contributed by atoms with E-state index in [1.165, 1.54) is 70.9 Å². The highest BCUT2D eigenvalue weighted by Gasteiger charge is 2.21. The topological polar surface area (TPSA) is 22.0 Å². The summed E-state index contributed by atoms with van der Waals surface area (Å²) in [6.45, 7) is 0. The largest absolute Gasteiger partial charge is 0.276 e. The quantitative estimate of drug-likeness (QED) is 0.126. The Morgan fingerprint density at radius 2 is 0.574 bits per heavy atom. The Morgan fingerprint density at radius 3 is 0.984 bits per heavy atom. The molecular formula is C59H37NO. The van der Waals surface area contributed by atoms with Crippen molar-refractivity contribution in [1.82, 2.24) is 4.57 Å². The lowest BCUT2D eigenvalue weighted by Gasteiger charge is -2.20. The third-order valence-electron chi connectivity index (χ3n) is 12.6. The molecule has 284 valence electrons. The van der Waals surface area contributed by atoms with Gasteiger partial charge < -0.3 is 0 Å². The molecule has 12 aromatic rings. The summed E-state index contributed by atoms with van der Waals surface area (Å²) in [6.07, 6.45) is 0. The van der Waals surface area contributed by atoms with Gasteiger partial charge in [0.2, 0.25) is 0 Å². The molecule has 0 bridgehead atoms. The standard InChI is InChI=1S/C59H37NO/c61-59-51-34-32-40(57-47-28-14-10-24-43(47)55(38-18-4-1-5-19-38)44-25-11-15-29-48(44)57)36-52(51)53-37-41(33-35-54(53)60(59)42-22-8-3-9-23-42)58-49-30-16-12-26-45(49)56(39-20-6-2-7-21-39)46-27-13-17-31-50(46)58/h1-37H. The van der Waals surface area contributed by atoms with E-state index in [0.29, 0.717) is 5.39 Å². The zero-order valence-electron chi connectivity index (χ0n) is 33.2. The van der Waals surface area contributed by atoms with E-state index in [1.54, 1.807) is 0 Å². The predicted octanol–water partition coefficient (Wildman–Crippen LogP) is 15.4. The number of hydrogen-bond donors (Lipinski definition) is 0. The molecule has 11 aromatic carbocycles. The van der Waals surface area contributed by atoms with Crippen LogP contribution in [-0.4, -0.2) is 4.57 Å². The molecule has 0 saturated heterocycles. The summed E-state index contributed by atoms with van der Waals surface area (Å²) < 4.78 is 1.88. The summed E-state index contributed by atoms with van der Waals surface area (Å²) in [6, 6.07) is 79.7. The average molecular weight is 776 g/mol. The zero-order valence-corrected chi connectivity index (χ0v) is 33.2. The van der Waals surface area contributed by atoms with Crippen LogP contribution in [0.5, 0.6) is 0 Å². The molecule has 0 saturated carbocycles. The Morgan fingerprint density at radius 1 is 0.246 bits per heavy atom. The lowest BCUT2D eigenvalue weighted by atomic mass is 9.85. The number of pyridine rings is 1. The summed E-state index contributed by atoms with van der Waals surface area (Å²) in [7, 11) is 0. The molecular weight excluding hydrogens is 739 g/mol. The van der Waals surface area contributed by atoms with Gasteiger partial charge in [-0.3, -0.25) is 9.36 Å². The molecule has 1 aromatic heterocycles. The van der Waals surface area contributed by atoms with Gasteiger partial charge in [-0.05, 0) is 129 Å². The summed E-state index contributed by atoms with van der Waals surface area (Å²) in [5.41, 5.74) is 11.1. The van der Waals surface area contributed by atoms with E-state index in [-0.39, 0.29) is 5.56 Å². The van der Waals surface area contributed by atoms with E-state index in [0.717, 1.165) is 38.7 Å². The zero-order chi connectivity index (χ0) is 40.4. The second kappa shape index (κ2) is 14.0. The fourth-order valence-electron chi connectivity index (χ4n) is 9.99. The van der Waals surface area contributed by atoms with Crippen LogP contribution >= 0.6 is 0 Å². The van der Waals surface area contributed by atoms with Crippen molar-refractivity contribution in [2.45, 2.75) is 0 Å². The third-order valence-corrected chi connectivity index (χ3v) is 12.6. The van der Waals surface area contributed by atoms with E-state index in [1.807, 2.05) is 41.0 Å². The second-order valence-electron chi connectivity index (χ2n) is 15.9. The summed E-state index contributed by atoms with van der Waals surface area (Å²) in [5.74, 6) is 0. The van der Waals surface area contributed by atoms with Crippen LogP contribution in [0.15, 0.2) is 229 Å². The van der Waals surface area contributed by atoms with Crippen LogP contribution < -0.4 is 5.56 Å². The monoisotopic (exact) mass is 775 g/mol. The van der Waals surface area contributed by atoms with Gasteiger partial charge in [0.1, 0.15) is 0 Å². The molecule has 2 heteroatoms. The van der Waals surface area contributed by atoms with E-state index in [4.69, 9.17) is 0 Å². The fourth-order valence-corrected chi connectivity index (χ4v) is 9.99. The van der Waals surface area contributed by atoms with Crippen molar-refractivity contribution >= 4 is 64.8 Å². The molecule has 61 heavy (non-hydrogen) atoms. The first-order chi connectivity index (χ1) is 30.2. The summed E-state index contributed by atoms with van der Waals surface area (Å²) >= 11 is 0. The van der Waals surface area contributed by atoms with Gasteiger partial charge in [0, 0.05) is 16.5 Å². The highest BCUT2D eigenvalue weighted by Crippen LogP contribution is 2.46. The Bertz CT molecular complexity index is 3640. The average Bonchev–Trinajstić information content (AvgIpc) is 3.33. The molecule has 2 nitrogen and oxygen atoms in total. The predicted molar refractivity (Wildman–Crippen MR) is 259 cm³/mol. The molecule has 0 N–H and O–H groups in total. The van der Waals surface area contributed by atoms with Crippen LogP contribution in [0.2, 0.25) is 0 Å². The first-order valence-electron chi connectivity index (χ1n) is 20.9. The molecule has 12 rings (SSSR count). The molecule has 0 fully saturated rings. The molecule has 0 radical (unpaired) electrons. The number of nitrogens with zero attached hydrogens (tertiary/aromatic N) is 1. The van der Waals surface area contributed by atoms with Crippen molar-refractivity contribution < 1.29 is 0 Å². The highest BCUT2D eigenvalue weighted by atomic mass is 16.1. The molecule has 0 unspecified atom stereocenters. The first kappa shape index (κ1) is 34.9. The van der Waals surface area contributed by atoms with Gasteiger partial charge >= 0.3 is 0 Å². The van der Waals surface area contributed by atoms with E-state index >= 15 is 0 Å². The highest BCUT2D eigenvalue weighted by molar-refractivity contribution is 6.24. The molecule has 0 amide bonds. The normalized spacial score (nSPS) is 11.7. The first-order valence-corrected chi connectivity index (χ1v) is 20.9. The van der Waals surface area contributed by atoms with Crippen LogP contribution in [0.3, 0.4) is 0 Å². The number of benzene rings is 11. The Labute approximate surface area is 352 Å². The van der Waals surface area contributed by atoms with Gasteiger partial charge in [-0.2, -0.15) is 0 Å². The minimum atomic E-state index is -0.0368. The van der Waals surface area contributed by atoms with Crippen LogP contribution in [-0.2, 0) is 0 Å². The number of hydrogen-bond acceptors (Lipinski definition) is 1. The molecule has 0 aliphatic heterocycles. The van der Waals surface area contributed by atoms with Crippen molar-refractivity contribution in [3.63, 3.8) is 0 Å². The van der Waals surface area contributed by atoms with Gasteiger partial charge in [-0.15, -0.1) is 0 Å².